The van der Waals surface area contributed by atoms with Crippen molar-refractivity contribution in [3.05, 3.63) is 35.4 Å². The lowest BCUT2D eigenvalue weighted by molar-refractivity contribution is 0.0775. The number of nitrogens with zero attached hydrogens (tertiary/aromatic N) is 2. The Morgan fingerprint density at radius 2 is 1.94 bits per heavy atom. The summed E-state index contributed by atoms with van der Waals surface area (Å²) in [6.45, 7) is 0.897. The van der Waals surface area contributed by atoms with Gasteiger partial charge >= 0.3 is 0 Å². The molecule has 0 atom stereocenters. The number of hydrogen-bond acceptors (Lipinski definition) is 2. The summed E-state index contributed by atoms with van der Waals surface area (Å²) in [5.74, 6) is 0.574. The van der Waals surface area contributed by atoms with Crippen molar-refractivity contribution >= 4 is 29.1 Å². The number of rotatable bonds is 5. The van der Waals surface area contributed by atoms with Gasteiger partial charge in [-0.25, -0.2) is 0 Å². The maximum absolute atomic E-state index is 12.1. The molecule has 0 aliphatic carbocycles. The summed E-state index contributed by atoms with van der Waals surface area (Å²) >= 11 is 11.3. The highest BCUT2D eigenvalue weighted by Gasteiger charge is 2.14. The van der Waals surface area contributed by atoms with Gasteiger partial charge in [-0.2, -0.15) is 5.26 Å². The van der Waals surface area contributed by atoms with E-state index in [-0.39, 0.29) is 5.91 Å². The average Bonchev–Trinajstić information content (AvgIpc) is 2.38. The molecule has 1 rings (SSSR count). The summed E-state index contributed by atoms with van der Waals surface area (Å²) in [5.41, 5.74) is 0.951. The van der Waals surface area contributed by atoms with Crippen LogP contribution in [0.2, 0.25) is 0 Å². The van der Waals surface area contributed by atoms with E-state index < -0.39 is 0 Å². The summed E-state index contributed by atoms with van der Waals surface area (Å²) in [4.78, 5) is 13.7. The first kappa shape index (κ1) is 13.8. The Kier molecular flexibility index (Phi) is 5.82. The van der Waals surface area contributed by atoms with Crippen LogP contribution in [0.5, 0.6) is 0 Å². The van der Waals surface area contributed by atoms with Crippen LogP contribution in [0, 0.1) is 11.3 Å². The van der Waals surface area contributed by atoms with E-state index in [4.69, 9.17) is 28.5 Å². The van der Waals surface area contributed by atoms with E-state index in [0.717, 1.165) is 0 Å². The third kappa shape index (κ3) is 3.92. The van der Waals surface area contributed by atoms with Crippen molar-refractivity contribution in [1.29, 1.82) is 5.26 Å². The molecular weight excluding hydrogens is 259 g/mol. The predicted octanol–water partition coefficient (Wildman–Crippen LogP) is 2.48. The van der Waals surface area contributed by atoms with Gasteiger partial charge < -0.3 is 4.90 Å². The van der Waals surface area contributed by atoms with Crippen LogP contribution >= 0.6 is 23.2 Å². The first-order valence-electron chi connectivity index (χ1n) is 5.14. The minimum atomic E-state index is -0.150. The third-order valence-electron chi connectivity index (χ3n) is 2.23. The molecule has 1 amide bonds. The van der Waals surface area contributed by atoms with Crippen LogP contribution in [-0.2, 0) is 0 Å². The standard InChI is InChI=1S/C12H12Cl2N2O/c13-4-6-16(7-5-14)12(17)11-3-1-2-10(8-11)9-15/h1-3,8H,4-7H2. The van der Waals surface area contributed by atoms with Gasteiger partial charge in [0.05, 0.1) is 11.6 Å². The Balaban J connectivity index is 2.89. The normalized spacial score (nSPS) is 9.71. The largest absolute Gasteiger partial charge is 0.336 e. The Bertz CT molecular complexity index is 423. The molecule has 0 aromatic heterocycles. The van der Waals surface area contributed by atoms with Crippen LogP contribution in [0.4, 0.5) is 0 Å². The second kappa shape index (κ2) is 7.16. The minimum absolute atomic E-state index is 0.150. The third-order valence-corrected chi connectivity index (χ3v) is 2.57. The molecule has 0 unspecified atom stereocenters. The van der Waals surface area contributed by atoms with E-state index in [1.165, 1.54) is 0 Å². The number of carbonyl (C=O) groups is 1. The number of nitriles is 1. The summed E-state index contributed by atoms with van der Waals surface area (Å²) in [6.07, 6.45) is 0. The fraction of sp³-hybridized carbons (Fsp3) is 0.333. The molecule has 90 valence electrons. The van der Waals surface area contributed by atoms with E-state index in [9.17, 15) is 4.79 Å². The maximum Gasteiger partial charge on any atom is 0.253 e. The van der Waals surface area contributed by atoms with Crippen LogP contribution in [0.15, 0.2) is 24.3 Å². The van der Waals surface area contributed by atoms with Crippen molar-refractivity contribution in [2.45, 2.75) is 0 Å². The van der Waals surface area contributed by atoms with Gasteiger partial charge in [0.1, 0.15) is 0 Å². The van der Waals surface area contributed by atoms with Crippen LogP contribution in [0.1, 0.15) is 15.9 Å². The summed E-state index contributed by atoms with van der Waals surface area (Å²) in [5, 5.41) is 8.77. The fourth-order valence-corrected chi connectivity index (χ4v) is 1.83. The molecule has 0 aliphatic heterocycles. The van der Waals surface area contributed by atoms with Crippen LogP contribution in [0.25, 0.3) is 0 Å². The van der Waals surface area contributed by atoms with E-state index in [1.54, 1.807) is 29.2 Å². The molecule has 17 heavy (non-hydrogen) atoms. The Hall–Kier alpha value is -1.24. The van der Waals surface area contributed by atoms with E-state index in [0.29, 0.717) is 36.0 Å². The van der Waals surface area contributed by atoms with Crippen LogP contribution in [-0.4, -0.2) is 35.7 Å². The average molecular weight is 271 g/mol. The smallest absolute Gasteiger partial charge is 0.253 e. The number of carbonyl (C=O) groups excluding carboxylic acids is 1. The number of alkyl halides is 2. The molecule has 0 heterocycles. The van der Waals surface area contributed by atoms with E-state index >= 15 is 0 Å². The Morgan fingerprint density at radius 1 is 1.29 bits per heavy atom. The number of halogens is 2. The second-order valence-electron chi connectivity index (χ2n) is 3.36. The molecule has 0 saturated heterocycles. The molecule has 5 heteroatoms. The lowest BCUT2D eigenvalue weighted by atomic mass is 10.1. The fourth-order valence-electron chi connectivity index (χ4n) is 1.42. The molecule has 0 fully saturated rings. The molecule has 0 aliphatic rings. The zero-order valence-corrected chi connectivity index (χ0v) is 10.7. The van der Waals surface area contributed by atoms with Crippen LogP contribution < -0.4 is 0 Å². The van der Waals surface area contributed by atoms with Gasteiger partial charge in [-0.05, 0) is 18.2 Å². The predicted molar refractivity (Wildman–Crippen MR) is 68.5 cm³/mol. The number of benzene rings is 1. The molecular formula is C12H12Cl2N2O. The first-order valence-corrected chi connectivity index (χ1v) is 6.21. The van der Waals surface area contributed by atoms with Gasteiger partial charge in [0.2, 0.25) is 0 Å². The second-order valence-corrected chi connectivity index (χ2v) is 4.12. The summed E-state index contributed by atoms with van der Waals surface area (Å²) in [7, 11) is 0. The highest BCUT2D eigenvalue weighted by Crippen LogP contribution is 2.08. The zero-order valence-electron chi connectivity index (χ0n) is 9.20. The van der Waals surface area contributed by atoms with Crippen molar-refractivity contribution < 1.29 is 4.79 Å². The molecule has 0 bridgehead atoms. The van der Waals surface area contributed by atoms with Crippen molar-refractivity contribution in [3.8, 4) is 6.07 Å². The van der Waals surface area contributed by atoms with Crippen molar-refractivity contribution in [2.24, 2.45) is 0 Å². The summed E-state index contributed by atoms with van der Waals surface area (Å²) < 4.78 is 0. The van der Waals surface area contributed by atoms with Gasteiger partial charge in [-0.3, -0.25) is 4.79 Å². The Morgan fingerprint density at radius 3 is 2.47 bits per heavy atom. The van der Waals surface area contributed by atoms with Gasteiger partial charge in [-0.15, -0.1) is 23.2 Å². The first-order chi connectivity index (χ1) is 8.22. The molecule has 3 nitrogen and oxygen atoms in total. The minimum Gasteiger partial charge on any atom is -0.336 e. The SMILES string of the molecule is N#Cc1cccc(C(=O)N(CCCl)CCCl)c1. The molecule has 0 spiro atoms. The van der Waals surface area contributed by atoms with Crippen LogP contribution in [0.3, 0.4) is 0 Å². The highest BCUT2D eigenvalue weighted by molar-refractivity contribution is 6.18. The quantitative estimate of drug-likeness (QED) is 0.772. The number of amides is 1. The maximum atomic E-state index is 12.1. The number of hydrogen-bond donors (Lipinski definition) is 0. The highest BCUT2D eigenvalue weighted by atomic mass is 35.5. The molecule has 1 aromatic rings. The monoisotopic (exact) mass is 270 g/mol. The van der Waals surface area contributed by atoms with Gasteiger partial charge in [0.15, 0.2) is 0 Å². The van der Waals surface area contributed by atoms with E-state index in [2.05, 4.69) is 0 Å². The van der Waals surface area contributed by atoms with Gasteiger partial charge in [0, 0.05) is 30.4 Å². The molecule has 0 radical (unpaired) electrons. The lowest BCUT2D eigenvalue weighted by Gasteiger charge is -2.20. The molecule has 1 aromatic carbocycles. The van der Waals surface area contributed by atoms with Crippen molar-refractivity contribution in [1.82, 2.24) is 4.90 Å². The lowest BCUT2D eigenvalue weighted by Crippen LogP contribution is -2.34. The van der Waals surface area contributed by atoms with Gasteiger partial charge in [-0.1, -0.05) is 6.07 Å². The molecule has 0 N–H and O–H groups in total. The van der Waals surface area contributed by atoms with E-state index in [1.807, 2.05) is 6.07 Å². The van der Waals surface area contributed by atoms with Crippen molar-refractivity contribution in [3.63, 3.8) is 0 Å². The zero-order chi connectivity index (χ0) is 12.7. The van der Waals surface area contributed by atoms with Crippen molar-refractivity contribution in [2.75, 3.05) is 24.8 Å². The molecule has 0 saturated carbocycles. The summed E-state index contributed by atoms with van der Waals surface area (Å²) in [6, 6.07) is 8.59. The van der Waals surface area contributed by atoms with Gasteiger partial charge in [0.25, 0.3) is 5.91 Å². The Labute approximate surface area is 111 Å². The topological polar surface area (TPSA) is 44.1 Å².